The smallest absolute Gasteiger partial charge is 0.309 e. The maximum Gasteiger partial charge on any atom is 0.309 e. The number of esters is 1. The van der Waals surface area contributed by atoms with E-state index in [9.17, 15) is 4.79 Å². The lowest BCUT2D eigenvalue weighted by atomic mass is 9.66. The molecule has 1 aliphatic heterocycles. The Labute approximate surface area is 114 Å². The van der Waals surface area contributed by atoms with Crippen LogP contribution in [0.3, 0.4) is 0 Å². The molecule has 0 saturated carbocycles. The predicted octanol–water partition coefficient (Wildman–Crippen LogP) is 2.77. The van der Waals surface area contributed by atoms with E-state index in [-0.39, 0.29) is 17.3 Å². The van der Waals surface area contributed by atoms with Gasteiger partial charge in [0.2, 0.25) is 0 Å². The minimum Gasteiger partial charge on any atom is -0.469 e. The number of aryl methyl sites for hydroxylation is 2. The zero-order valence-corrected chi connectivity index (χ0v) is 12.2. The van der Waals surface area contributed by atoms with Gasteiger partial charge in [0.05, 0.1) is 31.7 Å². The SMILES string of the molecule is CCC(C(=O)OC)C1(c2ccc(C)cc2C)COC1. The van der Waals surface area contributed by atoms with Gasteiger partial charge in [0.1, 0.15) is 0 Å². The maximum absolute atomic E-state index is 12.1. The molecule has 0 spiro atoms. The maximum atomic E-state index is 12.1. The van der Waals surface area contributed by atoms with Crippen LogP contribution in [0, 0.1) is 19.8 Å². The van der Waals surface area contributed by atoms with Gasteiger partial charge in [0.15, 0.2) is 0 Å². The van der Waals surface area contributed by atoms with Crippen molar-refractivity contribution in [2.75, 3.05) is 20.3 Å². The van der Waals surface area contributed by atoms with Crippen LogP contribution in [0.2, 0.25) is 0 Å². The fourth-order valence-corrected chi connectivity index (χ4v) is 3.16. The molecule has 3 heteroatoms. The van der Waals surface area contributed by atoms with Crippen LogP contribution in [0.5, 0.6) is 0 Å². The first-order valence-corrected chi connectivity index (χ1v) is 6.78. The Morgan fingerprint density at radius 1 is 1.42 bits per heavy atom. The number of methoxy groups -OCH3 is 1. The van der Waals surface area contributed by atoms with Gasteiger partial charge in [-0.25, -0.2) is 0 Å². The van der Waals surface area contributed by atoms with Crippen molar-refractivity contribution in [2.45, 2.75) is 32.6 Å². The highest BCUT2D eigenvalue weighted by molar-refractivity contribution is 5.75. The predicted molar refractivity (Wildman–Crippen MR) is 74.2 cm³/mol. The Hall–Kier alpha value is -1.35. The van der Waals surface area contributed by atoms with Crippen LogP contribution in [-0.2, 0) is 19.7 Å². The Balaban J connectivity index is 2.44. The van der Waals surface area contributed by atoms with Crippen LogP contribution in [0.1, 0.15) is 30.0 Å². The fourth-order valence-electron chi connectivity index (χ4n) is 3.16. The summed E-state index contributed by atoms with van der Waals surface area (Å²) in [5.41, 5.74) is 3.48. The van der Waals surface area contributed by atoms with Crippen molar-refractivity contribution in [3.8, 4) is 0 Å². The second kappa shape index (κ2) is 5.33. The lowest BCUT2D eigenvalue weighted by molar-refractivity contribution is -0.160. The van der Waals surface area contributed by atoms with E-state index in [1.165, 1.54) is 23.8 Å². The van der Waals surface area contributed by atoms with E-state index < -0.39 is 0 Å². The quantitative estimate of drug-likeness (QED) is 0.783. The van der Waals surface area contributed by atoms with Crippen LogP contribution in [0.25, 0.3) is 0 Å². The summed E-state index contributed by atoms with van der Waals surface area (Å²) < 4.78 is 10.4. The summed E-state index contributed by atoms with van der Waals surface area (Å²) in [7, 11) is 1.46. The average molecular weight is 262 g/mol. The number of carbonyl (C=O) groups is 1. The number of benzene rings is 1. The molecule has 0 bridgehead atoms. The van der Waals surface area contributed by atoms with Gasteiger partial charge in [-0.2, -0.15) is 0 Å². The molecule has 3 nitrogen and oxygen atoms in total. The summed E-state index contributed by atoms with van der Waals surface area (Å²) in [5.74, 6) is -0.265. The van der Waals surface area contributed by atoms with Crippen LogP contribution < -0.4 is 0 Å². The van der Waals surface area contributed by atoms with E-state index in [2.05, 4.69) is 32.0 Å². The summed E-state index contributed by atoms with van der Waals surface area (Å²) >= 11 is 0. The topological polar surface area (TPSA) is 35.5 Å². The molecule has 1 fully saturated rings. The molecule has 104 valence electrons. The largest absolute Gasteiger partial charge is 0.469 e. The summed E-state index contributed by atoms with van der Waals surface area (Å²) in [6.45, 7) is 7.42. The van der Waals surface area contributed by atoms with Crippen LogP contribution >= 0.6 is 0 Å². The van der Waals surface area contributed by atoms with Gasteiger partial charge in [-0.05, 0) is 31.4 Å². The number of rotatable bonds is 4. The van der Waals surface area contributed by atoms with E-state index in [4.69, 9.17) is 9.47 Å². The molecule has 0 N–H and O–H groups in total. The normalized spacial score (nSPS) is 18.5. The Morgan fingerprint density at radius 2 is 2.11 bits per heavy atom. The van der Waals surface area contributed by atoms with Gasteiger partial charge >= 0.3 is 5.97 Å². The number of ether oxygens (including phenoxy) is 2. The van der Waals surface area contributed by atoms with E-state index in [0.717, 1.165) is 6.42 Å². The zero-order valence-electron chi connectivity index (χ0n) is 12.2. The first-order valence-electron chi connectivity index (χ1n) is 6.78. The van der Waals surface area contributed by atoms with Crippen LogP contribution in [0.15, 0.2) is 18.2 Å². The number of hydrogen-bond acceptors (Lipinski definition) is 3. The van der Waals surface area contributed by atoms with Crippen molar-refractivity contribution in [1.82, 2.24) is 0 Å². The second-order valence-electron chi connectivity index (χ2n) is 5.45. The molecule has 2 rings (SSSR count). The molecule has 1 atom stereocenters. The third-order valence-electron chi connectivity index (χ3n) is 4.20. The summed E-state index contributed by atoms with van der Waals surface area (Å²) in [6, 6.07) is 6.41. The number of carbonyl (C=O) groups excluding carboxylic acids is 1. The summed E-state index contributed by atoms with van der Waals surface area (Å²) in [6.07, 6.45) is 0.767. The van der Waals surface area contributed by atoms with E-state index in [0.29, 0.717) is 13.2 Å². The monoisotopic (exact) mass is 262 g/mol. The highest BCUT2D eigenvalue weighted by atomic mass is 16.5. The van der Waals surface area contributed by atoms with E-state index >= 15 is 0 Å². The molecule has 1 aromatic rings. The van der Waals surface area contributed by atoms with Crippen molar-refractivity contribution in [3.63, 3.8) is 0 Å². The lowest BCUT2D eigenvalue weighted by Gasteiger charge is -2.47. The average Bonchev–Trinajstić information content (AvgIpc) is 2.34. The molecule has 1 heterocycles. The molecule has 0 aliphatic carbocycles. The summed E-state index contributed by atoms with van der Waals surface area (Å²) in [4.78, 5) is 12.1. The highest BCUT2D eigenvalue weighted by Gasteiger charge is 2.50. The zero-order chi connectivity index (χ0) is 14.0. The first kappa shape index (κ1) is 14.1. The van der Waals surface area contributed by atoms with E-state index in [1.807, 2.05) is 6.92 Å². The molecular weight excluding hydrogens is 240 g/mol. The van der Waals surface area contributed by atoms with Gasteiger partial charge in [0, 0.05) is 0 Å². The molecule has 0 amide bonds. The van der Waals surface area contributed by atoms with Gasteiger partial charge in [-0.3, -0.25) is 4.79 Å². The third kappa shape index (κ3) is 2.27. The molecule has 1 aromatic carbocycles. The molecule has 1 saturated heterocycles. The molecular formula is C16H22O3. The van der Waals surface area contributed by atoms with Crippen LogP contribution in [-0.4, -0.2) is 26.3 Å². The van der Waals surface area contributed by atoms with Crippen molar-refractivity contribution >= 4 is 5.97 Å². The lowest BCUT2D eigenvalue weighted by Crippen LogP contribution is -2.55. The minimum absolute atomic E-state index is 0.132. The molecule has 1 unspecified atom stereocenters. The Bertz CT molecular complexity index is 475. The highest BCUT2D eigenvalue weighted by Crippen LogP contribution is 2.43. The van der Waals surface area contributed by atoms with Crippen molar-refractivity contribution in [2.24, 2.45) is 5.92 Å². The Kier molecular flexibility index (Phi) is 3.95. The molecule has 0 aromatic heterocycles. The Morgan fingerprint density at radius 3 is 2.53 bits per heavy atom. The first-order chi connectivity index (χ1) is 9.05. The fraction of sp³-hybridized carbons (Fsp3) is 0.562. The van der Waals surface area contributed by atoms with Gasteiger partial charge in [-0.15, -0.1) is 0 Å². The van der Waals surface area contributed by atoms with Gasteiger partial charge < -0.3 is 9.47 Å². The van der Waals surface area contributed by atoms with Crippen LogP contribution in [0.4, 0.5) is 0 Å². The molecule has 19 heavy (non-hydrogen) atoms. The third-order valence-corrected chi connectivity index (χ3v) is 4.20. The van der Waals surface area contributed by atoms with Crippen molar-refractivity contribution < 1.29 is 14.3 Å². The second-order valence-corrected chi connectivity index (χ2v) is 5.45. The number of hydrogen-bond donors (Lipinski definition) is 0. The van der Waals surface area contributed by atoms with Gasteiger partial charge in [0.25, 0.3) is 0 Å². The molecule has 1 aliphatic rings. The van der Waals surface area contributed by atoms with Crippen molar-refractivity contribution in [1.29, 1.82) is 0 Å². The van der Waals surface area contributed by atoms with Gasteiger partial charge in [-0.1, -0.05) is 30.7 Å². The van der Waals surface area contributed by atoms with E-state index in [1.54, 1.807) is 0 Å². The summed E-state index contributed by atoms with van der Waals surface area (Å²) in [5, 5.41) is 0. The standard InChI is InChI=1S/C16H22O3/c1-5-13(15(17)18-4)16(9-19-10-16)14-7-6-11(2)8-12(14)3/h6-8,13H,5,9-10H2,1-4H3. The molecule has 0 radical (unpaired) electrons. The minimum atomic E-state index is -0.209. The van der Waals surface area contributed by atoms with Crippen molar-refractivity contribution in [3.05, 3.63) is 34.9 Å².